The Morgan fingerprint density at radius 3 is 2.39 bits per heavy atom. The van der Waals surface area contributed by atoms with Gasteiger partial charge in [0.25, 0.3) is 0 Å². The Hall–Kier alpha value is -0.130. The van der Waals surface area contributed by atoms with Crippen LogP contribution in [0.25, 0.3) is 0 Å². The van der Waals surface area contributed by atoms with E-state index in [0.29, 0.717) is 18.0 Å². The summed E-state index contributed by atoms with van der Waals surface area (Å²) in [6, 6.07) is 0.672. The van der Waals surface area contributed by atoms with Gasteiger partial charge in [-0.1, -0.05) is 0 Å². The first kappa shape index (κ1) is 12.9. The average Bonchev–Trinajstić information content (AvgIpc) is 3.14. The van der Waals surface area contributed by atoms with Gasteiger partial charge in [0.05, 0.1) is 5.75 Å². The number of hydrogen-bond acceptors (Lipinski definition) is 3. The van der Waals surface area contributed by atoms with E-state index in [-0.39, 0.29) is 5.75 Å². The molecule has 3 rings (SSSR count). The minimum Gasteiger partial charge on any atom is -0.314 e. The van der Waals surface area contributed by atoms with Crippen LogP contribution in [0, 0.1) is 11.3 Å². The molecule has 0 unspecified atom stereocenters. The first-order valence-electron chi connectivity index (χ1n) is 7.30. The van der Waals surface area contributed by atoms with E-state index in [2.05, 4.69) is 10.0 Å². The third-order valence-electron chi connectivity index (χ3n) is 4.58. The van der Waals surface area contributed by atoms with Crippen molar-refractivity contribution in [3.63, 3.8) is 0 Å². The summed E-state index contributed by atoms with van der Waals surface area (Å²) in [7, 11) is -3.05. The van der Waals surface area contributed by atoms with Gasteiger partial charge >= 0.3 is 0 Å². The van der Waals surface area contributed by atoms with Gasteiger partial charge in [-0.3, -0.25) is 0 Å². The Labute approximate surface area is 110 Å². The topological polar surface area (TPSA) is 58.2 Å². The predicted molar refractivity (Wildman–Crippen MR) is 71.8 cm³/mol. The highest BCUT2D eigenvalue weighted by Crippen LogP contribution is 2.60. The summed E-state index contributed by atoms with van der Waals surface area (Å²) in [6.45, 7) is 1.52. The van der Waals surface area contributed by atoms with Crippen LogP contribution in [0.1, 0.15) is 44.9 Å². The fourth-order valence-corrected chi connectivity index (χ4v) is 3.94. The number of hydrogen-bond donors (Lipinski definition) is 2. The highest BCUT2D eigenvalue weighted by Gasteiger charge is 2.53. The molecule has 0 aromatic rings. The number of nitrogens with one attached hydrogen (secondary N) is 2. The Morgan fingerprint density at radius 2 is 1.83 bits per heavy atom. The zero-order valence-corrected chi connectivity index (χ0v) is 11.8. The SMILES string of the molecule is O=S(=O)(CCCNC1CC1)NCC1(C2CC2)CC1. The minimum atomic E-state index is -3.05. The quantitative estimate of drug-likeness (QED) is 0.621. The van der Waals surface area contributed by atoms with E-state index in [4.69, 9.17) is 0 Å². The molecular weight excluding hydrogens is 248 g/mol. The van der Waals surface area contributed by atoms with Crippen LogP contribution in [0.3, 0.4) is 0 Å². The fraction of sp³-hybridized carbons (Fsp3) is 1.00. The lowest BCUT2D eigenvalue weighted by Crippen LogP contribution is -2.34. The highest BCUT2D eigenvalue weighted by atomic mass is 32.2. The Balaban J connectivity index is 1.34. The van der Waals surface area contributed by atoms with E-state index in [0.717, 1.165) is 18.9 Å². The summed E-state index contributed by atoms with van der Waals surface area (Å²) >= 11 is 0. The van der Waals surface area contributed by atoms with E-state index in [9.17, 15) is 8.42 Å². The molecule has 0 radical (unpaired) electrons. The molecular formula is C13H24N2O2S. The first-order chi connectivity index (χ1) is 8.60. The minimum absolute atomic E-state index is 0.271. The highest BCUT2D eigenvalue weighted by molar-refractivity contribution is 7.89. The second-order valence-corrected chi connectivity index (χ2v) is 8.29. The molecule has 0 aliphatic heterocycles. The molecule has 0 spiro atoms. The summed E-state index contributed by atoms with van der Waals surface area (Å²) in [5, 5.41) is 3.35. The Bertz CT molecular complexity index is 395. The smallest absolute Gasteiger partial charge is 0.211 e. The van der Waals surface area contributed by atoms with Crippen molar-refractivity contribution in [1.82, 2.24) is 10.0 Å². The standard InChI is InChI=1S/C13H24N2O2S/c16-18(17,9-1-8-14-12-4-5-12)15-10-13(6-7-13)11-2-3-11/h11-12,14-15H,1-10H2. The van der Waals surface area contributed by atoms with Crippen LogP contribution in [0.2, 0.25) is 0 Å². The molecule has 4 nitrogen and oxygen atoms in total. The van der Waals surface area contributed by atoms with Crippen molar-refractivity contribution in [1.29, 1.82) is 0 Å². The van der Waals surface area contributed by atoms with Crippen LogP contribution >= 0.6 is 0 Å². The van der Waals surface area contributed by atoms with Crippen molar-refractivity contribution >= 4 is 10.0 Å². The fourth-order valence-electron chi connectivity index (χ4n) is 2.77. The Morgan fingerprint density at radius 1 is 1.11 bits per heavy atom. The molecule has 0 aromatic carbocycles. The lowest BCUT2D eigenvalue weighted by atomic mass is 10.0. The van der Waals surface area contributed by atoms with Crippen molar-refractivity contribution < 1.29 is 8.42 Å². The summed E-state index contributed by atoms with van der Waals surface area (Å²) in [5.41, 5.74) is 0.360. The predicted octanol–water partition coefficient (Wildman–Crippen LogP) is 1.24. The maximum Gasteiger partial charge on any atom is 0.211 e. The average molecular weight is 272 g/mol. The van der Waals surface area contributed by atoms with Gasteiger partial charge in [-0.15, -0.1) is 0 Å². The summed E-state index contributed by atoms with van der Waals surface area (Å²) in [6.07, 6.45) is 8.32. The van der Waals surface area contributed by atoms with Crippen molar-refractivity contribution in [2.75, 3.05) is 18.8 Å². The summed E-state index contributed by atoms with van der Waals surface area (Å²) in [5.74, 6) is 1.09. The third-order valence-corrected chi connectivity index (χ3v) is 5.99. The van der Waals surface area contributed by atoms with E-state index in [1.165, 1.54) is 38.5 Å². The summed E-state index contributed by atoms with van der Waals surface area (Å²) in [4.78, 5) is 0. The molecule has 0 bridgehead atoms. The van der Waals surface area contributed by atoms with Gasteiger partial charge in [0.15, 0.2) is 0 Å². The molecule has 0 amide bonds. The van der Waals surface area contributed by atoms with E-state index in [1.54, 1.807) is 0 Å². The second-order valence-electron chi connectivity index (χ2n) is 6.36. The largest absolute Gasteiger partial charge is 0.314 e. The lowest BCUT2D eigenvalue weighted by Gasteiger charge is -2.15. The zero-order chi connectivity index (χ0) is 12.6. The molecule has 3 aliphatic rings. The molecule has 104 valence electrons. The van der Waals surface area contributed by atoms with Crippen molar-refractivity contribution in [2.24, 2.45) is 11.3 Å². The van der Waals surface area contributed by atoms with E-state index < -0.39 is 10.0 Å². The normalized spacial score (nSPS) is 26.2. The lowest BCUT2D eigenvalue weighted by molar-refractivity contribution is 0.431. The number of sulfonamides is 1. The molecule has 0 heterocycles. The van der Waals surface area contributed by atoms with Crippen LogP contribution in [0.15, 0.2) is 0 Å². The molecule has 0 saturated heterocycles. The van der Waals surface area contributed by atoms with Crippen LogP contribution < -0.4 is 10.0 Å². The molecule has 18 heavy (non-hydrogen) atoms. The van der Waals surface area contributed by atoms with Gasteiger partial charge in [-0.2, -0.15) is 0 Å². The Kier molecular flexibility index (Phi) is 3.41. The molecule has 0 atom stereocenters. The van der Waals surface area contributed by atoms with Crippen LogP contribution in [0.4, 0.5) is 0 Å². The molecule has 3 aliphatic carbocycles. The van der Waals surface area contributed by atoms with Crippen LogP contribution in [-0.4, -0.2) is 33.3 Å². The van der Waals surface area contributed by atoms with Crippen molar-refractivity contribution in [3.05, 3.63) is 0 Å². The molecule has 3 fully saturated rings. The summed E-state index contributed by atoms with van der Waals surface area (Å²) < 4.78 is 26.6. The van der Waals surface area contributed by atoms with Crippen molar-refractivity contribution in [2.45, 2.75) is 51.0 Å². The first-order valence-corrected chi connectivity index (χ1v) is 8.96. The van der Waals surface area contributed by atoms with Gasteiger partial charge in [-0.05, 0) is 62.8 Å². The van der Waals surface area contributed by atoms with E-state index >= 15 is 0 Å². The molecule has 5 heteroatoms. The molecule has 0 aromatic heterocycles. The monoisotopic (exact) mass is 272 g/mol. The van der Waals surface area contributed by atoms with Crippen LogP contribution in [0.5, 0.6) is 0 Å². The van der Waals surface area contributed by atoms with Gasteiger partial charge in [0, 0.05) is 12.6 Å². The second kappa shape index (κ2) is 4.76. The third kappa shape index (κ3) is 3.45. The maximum atomic E-state index is 11.9. The van der Waals surface area contributed by atoms with Crippen LogP contribution in [-0.2, 0) is 10.0 Å². The number of rotatable bonds is 9. The maximum absolute atomic E-state index is 11.9. The van der Waals surface area contributed by atoms with E-state index in [1.807, 2.05) is 0 Å². The molecule has 2 N–H and O–H groups in total. The van der Waals surface area contributed by atoms with Crippen molar-refractivity contribution in [3.8, 4) is 0 Å². The van der Waals surface area contributed by atoms with Gasteiger partial charge in [0.2, 0.25) is 10.0 Å². The van der Waals surface area contributed by atoms with Gasteiger partial charge in [0.1, 0.15) is 0 Å². The zero-order valence-electron chi connectivity index (χ0n) is 11.0. The molecule has 3 saturated carbocycles. The van der Waals surface area contributed by atoms with Gasteiger partial charge < -0.3 is 5.32 Å². The van der Waals surface area contributed by atoms with Gasteiger partial charge in [-0.25, -0.2) is 13.1 Å².